The van der Waals surface area contributed by atoms with Gasteiger partial charge in [0.15, 0.2) is 0 Å². The van der Waals surface area contributed by atoms with Crippen LogP contribution in [0.1, 0.15) is 37.0 Å². The maximum absolute atomic E-state index is 13.9. The standard InChI is InChI=1S/C29H33Cl2N3O4S/c1-5-17-32-29(36)22(4)33(18-25-26(30)7-6-8-27(25)31)28(35)19-34(23-13-9-20(2)10-14-23)39(37,38)24-15-11-21(3)12-16-24/h6-16,22H,5,17-19H2,1-4H3,(H,32,36). The quantitative estimate of drug-likeness (QED) is 0.308. The van der Waals surface area contributed by atoms with Gasteiger partial charge < -0.3 is 10.2 Å². The Balaban J connectivity index is 2.05. The van der Waals surface area contributed by atoms with Crippen LogP contribution in [0.5, 0.6) is 0 Å². The Bertz CT molecular complexity index is 1390. The smallest absolute Gasteiger partial charge is 0.264 e. The normalized spacial score (nSPS) is 12.1. The van der Waals surface area contributed by atoms with Crippen LogP contribution < -0.4 is 9.62 Å². The molecule has 10 heteroatoms. The van der Waals surface area contributed by atoms with Crippen LogP contribution in [0.25, 0.3) is 0 Å². The topological polar surface area (TPSA) is 86.8 Å². The van der Waals surface area contributed by atoms with Crippen molar-refractivity contribution in [3.8, 4) is 0 Å². The molecule has 0 saturated heterocycles. The van der Waals surface area contributed by atoms with Crippen molar-refractivity contribution < 1.29 is 18.0 Å². The molecule has 0 radical (unpaired) electrons. The highest BCUT2D eigenvalue weighted by Gasteiger charge is 2.33. The Kier molecular flexibility index (Phi) is 10.4. The molecule has 0 saturated carbocycles. The van der Waals surface area contributed by atoms with Crippen LogP contribution in [0.4, 0.5) is 5.69 Å². The Morgan fingerprint density at radius 3 is 1.97 bits per heavy atom. The molecule has 39 heavy (non-hydrogen) atoms. The summed E-state index contributed by atoms with van der Waals surface area (Å²) in [5.41, 5.74) is 2.64. The van der Waals surface area contributed by atoms with E-state index < -0.39 is 28.5 Å². The van der Waals surface area contributed by atoms with Crippen molar-refractivity contribution in [3.05, 3.63) is 93.5 Å². The van der Waals surface area contributed by atoms with Gasteiger partial charge in [0.2, 0.25) is 11.8 Å². The third kappa shape index (κ3) is 7.53. The summed E-state index contributed by atoms with van der Waals surface area (Å²) < 4.78 is 28.7. The zero-order chi connectivity index (χ0) is 28.7. The summed E-state index contributed by atoms with van der Waals surface area (Å²) in [5, 5.41) is 3.48. The number of amides is 2. The van der Waals surface area contributed by atoms with Gasteiger partial charge in [-0.05, 0) is 63.6 Å². The van der Waals surface area contributed by atoms with Gasteiger partial charge in [-0.25, -0.2) is 8.42 Å². The van der Waals surface area contributed by atoms with Gasteiger partial charge in [0.25, 0.3) is 10.0 Å². The highest BCUT2D eigenvalue weighted by Crippen LogP contribution is 2.28. The number of rotatable bonds is 11. The minimum atomic E-state index is -4.13. The maximum atomic E-state index is 13.9. The van der Waals surface area contributed by atoms with E-state index in [-0.39, 0.29) is 17.3 Å². The number of anilines is 1. The minimum absolute atomic E-state index is 0.0518. The Morgan fingerprint density at radius 2 is 1.44 bits per heavy atom. The molecule has 3 rings (SSSR count). The molecule has 0 aromatic heterocycles. The number of nitrogens with one attached hydrogen (secondary N) is 1. The number of benzene rings is 3. The van der Waals surface area contributed by atoms with E-state index in [0.717, 1.165) is 21.9 Å². The van der Waals surface area contributed by atoms with Crippen LogP contribution >= 0.6 is 23.2 Å². The number of halogens is 2. The van der Waals surface area contributed by atoms with Crippen molar-refractivity contribution >= 4 is 50.7 Å². The molecule has 0 heterocycles. The summed E-state index contributed by atoms with van der Waals surface area (Å²) in [4.78, 5) is 28.2. The maximum Gasteiger partial charge on any atom is 0.264 e. The molecule has 1 atom stereocenters. The monoisotopic (exact) mass is 589 g/mol. The van der Waals surface area contributed by atoms with E-state index in [0.29, 0.717) is 27.8 Å². The van der Waals surface area contributed by atoms with Gasteiger partial charge in [0.1, 0.15) is 12.6 Å². The van der Waals surface area contributed by atoms with Gasteiger partial charge in [-0.3, -0.25) is 13.9 Å². The van der Waals surface area contributed by atoms with Crippen LogP contribution in [-0.2, 0) is 26.2 Å². The average molecular weight is 591 g/mol. The Morgan fingerprint density at radius 1 is 0.897 bits per heavy atom. The summed E-state index contributed by atoms with van der Waals surface area (Å²) in [7, 11) is -4.13. The van der Waals surface area contributed by atoms with Crippen LogP contribution in [0, 0.1) is 13.8 Å². The van der Waals surface area contributed by atoms with E-state index in [2.05, 4.69) is 5.32 Å². The molecule has 3 aromatic carbocycles. The highest BCUT2D eigenvalue weighted by molar-refractivity contribution is 7.92. The number of sulfonamides is 1. The molecule has 208 valence electrons. The molecule has 0 aliphatic rings. The molecule has 3 aromatic rings. The number of aryl methyl sites for hydroxylation is 2. The third-order valence-electron chi connectivity index (χ3n) is 6.32. The lowest BCUT2D eigenvalue weighted by atomic mass is 10.1. The van der Waals surface area contributed by atoms with Crippen LogP contribution in [0.2, 0.25) is 10.0 Å². The fourth-order valence-electron chi connectivity index (χ4n) is 3.91. The van der Waals surface area contributed by atoms with Crippen molar-refractivity contribution in [2.24, 2.45) is 0 Å². The first-order chi connectivity index (χ1) is 18.4. The lowest BCUT2D eigenvalue weighted by Gasteiger charge is -2.32. The molecule has 2 amide bonds. The third-order valence-corrected chi connectivity index (χ3v) is 8.81. The zero-order valence-corrected chi connectivity index (χ0v) is 24.8. The number of hydrogen-bond donors (Lipinski definition) is 1. The lowest BCUT2D eigenvalue weighted by molar-refractivity contribution is -0.139. The molecule has 1 unspecified atom stereocenters. The first-order valence-corrected chi connectivity index (χ1v) is 14.8. The van der Waals surface area contributed by atoms with E-state index in [1.165, 1.54) is 17.0 Å². The molecule has 1 N–H and O–H groups in total. The summed E-state index contributed by atoms with van der Waals surface area (Å²) in [6, 6.07) is 17.4. The Hall–Kier alpha value is -3.07. The van der Waals surface area contributed by atoms with Crippen molar-refractivity contribution in [1.82, 2.24) is 10.2 Å². The molecule has 0 fully saturated rings. The van der Waals surface area contributed by atoms with Crippen LogP contribution in [-0.4, -0.2) is 44.3 Å². The number of nitrogens with zero attached hydrogens (tertiary/aromatic N) is 2. The zero-order valence-electron chi connectivity index (χ0n) is 22.4. The molecule has 0 aliphatic carbocycles. The predicted octanol–water partition coefficient (Wildman–Crippen LogP) is 5.75. The molecule has 0 aliphatic heterocycles. The van der Waals surface area contributed by atoms with Gasteiger partial charge in [-0.2, -0.15) is 0 Å². The summed E-state index contributed by atoms with van der Waals surface area (Å²) >= 11 is 12.8. The first-order valence-electron chi connectivity index (χ1n) is 12.6. The summed E-state index contributed by atoms with van der Waals surface area (Å²) in [5.74, 6) is -0.946. The van der Waals surface area contributed by atoms with Gasteiger partial charge in [-0.15, -0.1) is 0 Å². The van der Waals surface area contributed by atoms with Gasteiger partial charge >= 0.3 is 0 Å². The Labute approximate surface area is 240 Å². The summed E-state index contributed by atoms with van der Waals surface area (Å²) in [6.45, 7) is 7.09. The van der Waals surface area contributed by atoms with Crippen molar-refractivity contribution in [2.45, 2.75) is 51.6 Å². The molecule has 0 spiro atoms. The van der Waals surface area contributed by atoms with E-state index >= 15 is 0 Å². The fourth-order valence-corrected chi connectivity index (χ4v) is 5.84. The number of hydrogen-bond acceptors (Lipinski definition) is 4. The second-order valence-electron chi connectivity index (χ2n) is 9.35. The van der Waals surface area contributed by atoms with E-state index in [9.17, 15) is 18.0 Å². The van der Waals surface area contributed by atoms with Crippen LogP contribution in [0.15, 0.2) is 71.6 Å². The molecular weight excluding hydrogens is 557 g/mol. The molecule has 7 nitrogen and oxygen atoms in total. The second kappa shape index (κ2) is 13.3. The van der Waals surface area contributed by atoms with Gasteiger partial charge in [0.05, 0.1) is 10.6 Å². The van der Waals surface area contributed by atoms with Gasteiger partial charge in [0, 0.05) is 28.7 Å². The van der Waals surface area contributed by atoms with Crippen molar-refractivity contribution in [2.75, 3.05) is 17.4 Å². The highest BCUT2D eigenvalue weighted by atomic mass is 35.5. The van der Waals surface area contributed by atoms with Crippen LogP contribution in [0.3, 0.4) is 0 Å². The van der Waals surface area contributed by atoms with E-state index in [1.54, 1.807) is 61.5 Å². The van der Waals surface area contributed by atoms with Crippen molar-refractivity contribution in [3.63, 3.8) is 0 Å². The lowest BCUT2D eigenvalue weighted by Crippen LogP contribution is -2.51. The molecule has 0 bridgehead atoms. The minimum Gasteiger partial charge on any atom is -0.354 e. The fraction of sp³-hybridized carbons (Fsp3) is 0.310. The average Bonchev–Trinajstić information content (AvgIpc) is 2.90. The first kappa shape index (κ1) is 30.5. The summed E-state index contributed by atoms with van der Waals surface area (Å²) in [6.07, 6.45) is 0.721. The predicted molar refractivity (Wildman–Crippen MR) is 157 cm³/mol. The molecular formula is C29H33Cl2N3O4S. The largest absolute Gasteiger partial charge is 0.354 e. The number of carbonyl (C=O) groups excluding carboxylic acids is 2. The van der Waals surface area contributed by atoms with Gasteiger partial charge in [-0.1, -0.05) is 71.6 Å². The van der Waals surface area contributed by atoms with Crippen molar-refractivity contribution in [1.29, 1.82) is 0 Å². The number of carbonyl (C=O) groups is 2. The SMILES string of the molecule is CCCNC(=O)C(C)N(Cc1c(Cl)cccc1Cl)C(=O)CN(c1ccc(C)cc1)S(=O)(=O)c1ccc(C)cc1. The van der Waals surface area contributed by atoms with E-state index in [4.69, 9.17) is 23.2 Å². The van der Waals surface area contributed by atoms with E-state index in [1.807, 2.05) is 20.8 Å². The second-order valence-corrected chi connectivity index (χ2v) is 12.0.